The van der Waals surface area contributed by atoms with Crippen LogP contribution in [-0.4, -0.2) is 9.97 Å². The van der Waals surface area contributed by atoms with Gasteiger partial charge in [-0.05, 0) is 31.2 Å². The Balaban J connectivity index is 2.18. The number of nitrogen functional groups attached to an aromatic ring is 1. The second kappa shape index (κ2) is 5.70. The van der Waals surface area contributed by atoms with Crippen molar-refractivity contribution < 1.29 is 13.2 Å². The molecule has 0 aliphatic rings. The average molecular weight is 299 g/mol. The van der Waals surface area contributed by atoms with Crippen LogP contribution in [0.2, 0.25) is 0 Å². The molecule has 0 aliphatic heterocycles. The van der Waals surface area contributed by atoms with Gasteiger partial charge in [-0.3, -0.25) is 0 Å². The van der Waals surface area contributed by atoms with Gasteiger partial charge in [-0.2, -0.15) is 13.2 Å². The summed E-state index contributed by atoms with van der Waals surface area (Å²) in [6, 6.07) is 6.91. The minimum absolute atomic E-state index is 0.121. The maximum absolute atomic E-state index is 12.6. The van der Waals surface area contributed by atoms with Crippen molar-refractivity contribution in [3.63, 3.8) is 0 Å². The fourth-order valence-corrected chi connectivity index (χ4v) is 2.64. The Kier molecular flexibility index (Phi) is 4.17. The van der Waals surface area contributed by atoms with Crippen molar-refractivity contribution in [3.8, 4) is 0 Å². The maximum atomic E-state index is 12.6. The summed E-state index contributed by atoms with van der Waals surface area (Å²) in [5.41, 5.74) is 5.52. The van der Waals surface area contributed by atoms with Crippen molar-refractivity contribution in [2.45, 2.75) is 23.2 Å². The number of hydrogen-bond donors (Lipinski definition) is 1. The molecule has 1 aromatic carbocycles. The van der Waals surface area contributed by atoms with Crippen LogP contribution >= 0.6 is 11.8 Å². The standard InChI is InChI=1S/C13H12F3N3S/c1-8(11-5-6-18-12(17)19-11)20-10-4-2-3-9(7-10)13(14,15)16/h2-8H,1H3,(H2,17,18,19). The number of rotatable bonds is 3. The lowest BCUT2D eigenvalue weighted by Crippen LogP contribution is -2.04. The van der Waals surface area contributed by atoms with Crippen LogP contribution in [0, 0.1) is 0 Å². The molecule has 2 aromatic rings. The minimum Gasteiger partial charge on any atom is -0.368 e. The third kappa shape index (κ3) is 3.63. The summed E-state index contributed by atoms with van der Waals surface area (Å²) in [6.45, 7) is 1.85. The first kappa shape index (κ1) is 14.6. The normalized spacial score (nSPS) is 13.2. The van der Waals surface area contributed by atoms with Gasteiger partial charge in [-0.1, -0.05) is 6.07 Å². The Morgan fingerprint density at radius 1 is 1.25 bits per heavy atom. The van der Waals surface area contributed by atoms with Crippen LogP contribution in [0.3, 0.4) is 0 Å². The van der Waals surface area contributed by atoms with E-state index < -0.39 is 11.7 Å². The van der Waals surface area contributed by atoms with Crippen LogP contribution in [0.25, 0.3) is 0 Å². The molecule has 20 heavy (non-hydrogen) atoms. The van der Waals surface area contributed by atoms with Crippen molar-refractivity contribution >= 4 is 17.7 Å². The van der Waals surface area contributed by atoms with Gasteiger partial charge in [0, 0.05) is 16.3 Å². The van der Waals surface area contributed by atoms with E-state index >= 15 is 0 Å². The number of halogens is 3. The van der Waals surface area contributed by atoms with E-state index in [0.717, 1.165) is 12.1 Å². The summed E-state index contributed by atoms with van der Waals surface area (Å²) < 4.78 is 37.9. The molecule has 3 nitrogen and oxygen atoms in total. The zero-order valence-electron chi connectivity index (χ0n) is 10.6. The summed E-state index contributed by atoms with van der Waals surface area (Å²) >= 11 is 1.29. The molecule has 0 saturated heterocycles. The van der Waals surface area contributed by atoms with Gasteiger partial charge in [0.05, 0.1) is 11.3 Å². The molecule has 0 fully saturated rings. The van der Waals surface area contributed by atoms with Crippen molar-refractivity contribution in [1.29, 1.82) is 0 Å². The van der Waals surface area contributed by atoms with Crippen LogP contribution in [0.1, 0.15) is 23.4 Å². The maximum Gasteiger partial charge on any atom is 0.416 e. The van der Waals surface area contributed by atoms with Crippen molar-refractivity contribution in [1.82, 2.24) is 9.97 Å². The van der Waals surface area contributed by atoms with Gasteiger partial charge in [-0.15, -0.1) is 11.8 Å². The molecule has 106 valence electrons. The average Bonchev–Trinajstić information content (AvgIpc) is 2.38. The first-order valence-electron chi connectivity index (χ1n) is 5.78. The van der Waals surface area contributed by atoms with Gasteiger partial charge in [0.1, 0.15) is 0 Å². The molecule has 1 aromatic heterocycles. The first-order valence-corrected chi connectivity index (χ1v) is 6.66. The zero-order valence-corrected chi connectivity index (χ0v) is 11.4. The predicted octanol–water partition coefficient (Wildman–Crippen LogP) is 3.93. The van der Waals surface area contributed by atoms with Crippen molar-refractivity contribution in [2.24, 2.45) is 0 Å². The van der Waals surface area contributed by atoms with Crippen LogP contribution in [0.5, 0.6) is 0 Å². The van der Waals surface area contributed by atoms with Gasteiger partial charge in [0.25, 0.3) is 0 Å². The van der Waals surface area contributed by atoms with E-state index in [1.165, 1.54) is 24.0 Å². The van der Waals surface area contributed by atoms with Gasteiger partial charge in [0.15, 0.2) is 0 Å². The highest BCUT2D eigenvalue weighted by Gasteiger charge is 2.30. The van der Waals surface area contributed by atoms with E-state index in [9.17, 15) is 13.2 Å². The molecular weight excluding hydrogens is 287 g/mol. The Bertz CT molecular complexity index is 601. The van der Waals surface area contributed by atoms with Crippen LogP contribution in [0.4, 0.5) is 19.1 Å². The number of nitrogens with two attached hydrogens (primary N) is 1. The molecule has 0 spiro atoms. The fraction of sp³-hybridized carbons (Fsp3) is 0.231. The zero-order chi connectivity index (χ0) is 14.8. The van der Waals surface area contributed by atoms with Gasteiger partial charge in [0.2, 0.25) is 5.95 Å². The Hall–Kier alpha value is -1.76. The molecule has 0 aliphatic carbocycles. The molecule has 2 rings (SSSR count). The molecule has 0 amide bonds. The van der Waals surface area contributed by atoms with E-state index in [2.05, 4.69) is 9.97 Å². The smallest absolute Gasteiger partial charge is 0.368 e. The van der Waals surface area contributed by atoms with Crippen LogP contribution in [0.15, 0.2) is 41.4 Å². The number of aromatic nitrogens is 2. The lowest BCUT2D eigenvalue weighted by molar-refractivity contribution is -0.137. The number of alkyl halides is 3. The minimum atomic E-state index is -4.33. The second-order valence-corrected chi connectivity index (χ2v) is 5.54. The summed E-state index contributed by atoms with van der Waals surface area (Å²) in [7, 11) is 0. The number of nitrogens with zero attached hydrogens (tertiary/aromatic N) is 2. The number of hydrogen-bond acceptors (Lipinski definition) is 4. The highest BCUT2D eigenvalue weighted by Crippen LogP contribution is 2.37. The third-order valence-corrected chi connectivity index (χ3v) is 3.71. The Morgan fingerprint density at radius 2 is 2.00 bits per heavy atom. The molecule has 7 heteroatoms. The fourth-order valence-electron chi connectivity index (χ4n) is 1.63. The van der Waals surface area contributed by atoms with Gasteiger partial charge < -0.3 is 5.73 Å². The summed E-state index contributed by atoms with van der Waals surface area (Å²) in [5, 5.41) is -0.121. The molecule has 1 unspecified atom stereocenters. The monoisotopic (exact) mass is 299 g/mol. The molecule has 1 atom stereocenters. The quantitative estimate of drug-likeness (QED) is 0.872. The Morgan fingerprint density at radius 3 is 2.65 bits per heavy atom. The number of anilines is 1. The SMILES string of the molecule is CC(Sc1cccc(C(F)(F)F)c1)c1ccnc(N)n1. The van der Waals surface area contributed by atoms with E-state index in [4.69, 9.17) is 5.73 Å². The van der Waals surface area contributed by atoms with Gasteiger partial charge in [-0.25, -0.2) is 9.97 Å². The molecule has 2 N–H and O–H groups in total. The molecule has 0 bridgehead atoms. The summed E-state index contributed by atoms with van der Waals surface area (Å²) in [6.07, 6.45) is -2.81. The predicted molar refractivity (Wildman–Crippen MR) is 72.2 cm³/mol. The number of thioether (sulfide) groups is 1. The molecule has 0 saturated carbocycles. The highest BCUT2D eigenvalue weighted by molar-refractivity contribution is 7.99. The molecular formula is C13H12F3N3S. The van der Waals surface area contributed by atoms with Crippen LogP contribution in [-0.2, 0) is 6.18 Å². The van der Waals surface area contributed by atoms with E-state index in [1.54, 1.807) is 12.1 Å². The number of benzene rings is 1. The topological polar surface area (TPSA) is 51.8 Å². The van der Waals surface area contributed by atoms with E-state index in [0.29, 0.717) is 10.6 Å². The first-order chi connectivity index (χ1) is 9.36. The summed E-state index contributed by atoms with van der Waals surface area (Å²) in [4.78, 5) is 8.38. The summed E-state index contributed by atoms with van der Waals surface area (Å²) in [5.74, 6) is 0.152. The second-order valence-electron chi connectivity index (χ2n) is 4.13. The largest absolute Gasteiger partial charge is 0.416 e. The molecule has 0 radical (unpaired) electrons. The van der Waals surface area contributed by atoms with Crippen LogP contribution < -0.4 is 5.73 Å². The highest BCUT2D eigenvalue weighted by atomic mass is 32.2. The lowest BCUT2D eigenvalue weighted by Gasteiger charge is -2.12. The molecule has 1 heterocycles. The lowest BCUT2D eigenvalue weighted by atomic mass is 10.2. The van der Waals surface area contributed by atoms with Crippen molar-refractivity contribution in [2.75, 3.05) is 5.73 Å². The third-order valence-electron chi connectivity index (χ3n) is 2.59. The van der Waals surface area contributed by atoms with E-state index in [-0.39, 0.29) is 11.2 Å². The Labute approximate surface area is 118 Å². The van der Waals surface area contributed by atoms with Crippen molar-refractivity contribution in [3.05, 3.63) is 47.8 Å². The van der Waals surface area contributed by atoms with Gasteiger partial charge >= 0.3 is 6.18 Å². The van der Waals surface area contributed by atoms with E-state index in [1.807, 2.05) is 6.92 Å².